The zero-order valence-corrected chi connectivity index (χ0v) is 9.19. The van der Waals surface area contributed by atoms with Crippen LogP contribution in [0.4, 0.5) is 0 Å². The molecule has 0 aliphatic carbocycles. The van der Waals surface area contributed by atoms with Crippen molar-refractivity contribution in [2.24, 2.45) is 0 Å². The summed E-state index contributed by atoms with van der Waals surface area (Å²) in [6.07, 6.45) is 0. The summed E-state index contributed by atoms with van der Waals surface area (Å²) in [5, 5.41) is 10.4. The Hall–Kier alpha value is -2.14. The van der Waals surface area contributed by atoms with Gasteiger partial charge in [-0.15, -0.1) is 0 Å². The molecule has 0 bridgehead atoms. The smallest absolute Gasteiger partial charge is 0.263 e. The topological polar surface area (TPSA) is 79.4 Å². The number of carbonyl (C=O) groups is 1. The lowest BCUT2D eigenvalue weighted by atomic mass is 10.1. The van der Waals surface area contributed by atoms with E-state index in [1.165, 1.54) is 7.11 Å². The number of aromatic amines is 1. The maximum Gasteiger partial charge on any atom is 0.263 e. The molecule has 88 valence electrons. The van der Waals surface area contributed by atoms with Crippen LogP contribution in [0.1, 0.15) is 10.4 Å². The number of ether oxygens (including phenoxy) is 1. The lowest BCUT2D eigenvalue weighted by Gasteiger charge is -2.05. The summed E-state index contributed by atoms with van der Waals surface area (Å²) in [6, 6.07) is 6.73. The maximum atomic E-state index is 11.7. The van der Waals surface area contributed by atoms with Gasteiger partial charge in [0.1, 0.15) is 17.9 Å². The molecule has 1 heterocycles. The normalized spacial score (nSPS) is 10.6. The zero-order valence-electron chi connectivity index (χ0n) is 9.19. The number of aromatic hydroxyl groups is 1. The fourth-order valence-corrected chi connectivity index (χ4v) is 1.69. The van der Waals surface area contributed by atoms with Gasteiger partial charge in [-0.25, -0.2) is 0 Å². The number of Topliss-reactive ketones (excluding diaryl/α,β-unsaturated/α-hetero) is 1. The molecule has 5 heteroatoms. The summed E-state index contributed by atoms with van der Waals surface area (Å²) in [4.78, 5) is 25.8. The van der Waals surface area contributed by atoms with Crippen molar-refractivity contribution in [3.63, 3.8) is 0 Å². The summed E-state index contributed by atoms with van der Waals surface area (Å²) in [7, 11) is 1.35. The van der Waals surface area contributed by atoms with Gasteiger partial charge in [0.15, 0.2) is 5.78 Å². The minimum absolute atomic E-state index is 0.241. The molecule has 0 saturated heterocycles. The monoisotopic (exact) mass is 233 g/mol. The number of pyridine rings is 1. The number of hydrogen-bond donors (Lipinski definition) is 2. The van der Waals surface area contributed by atoms with Crippen LogP contribution in [0.15, 0.2) is 29.1 Å². The van der Waals surface area contributed by atoms with E-state index in [0.717, 1.165) is 0 Å². The number of fused-ring (bicyclic) bond motifs is 1. The second kappa shape index (κ2) is 4.39. The molecule has 0 amide bonds. The number of aromatic nitrogens is 1. The minimum atomic E-state index is -0.608. The van der Waals surface area contributed by atoms with Gasteiger partial charge < -0.3 is 14.8 Å². The maximum absolute atomic E-state index is 11.7. The number of rotatable bonds is 3. The molecule has 1 aromatic heterocycles. The Labute approximate surface area is 96.7 Å². The van der Waals surface area contributed by atoms with Crippen molar-refractivity contribution in [1.29, 1.82) is 0 Å². The van der Waals surface area contributed by atoms with Gasteiger partial charge in [0.25, 0.3) is 5.56 Å². The number of nitrogens with one attached hydrogen (secondary N) is 1. The fourth-order valence-electron chi connectivity index (χ4n) is 1.69. The van der Waals surface area contributed by atoms with Gasteiger partial charge in [0.2, 0.25) is 0 Å². The van der Waals surface area contributed by atoms with Crippen LogP contribution in [0, 0.1) is 0 Å². The van der Waals surface area contributed by atoms with Gasteiger partial charge in [0, 0.05) is 12.5 Å². The summed E-state index contributed by atoms with van der Waals surface area (Å²) >= 11 is 0. The molecule has 0 atom stereocenters. The molecule has 5 nitrogen and oxygen atoms in total. The number of hydrogen-bond acceptors (Lipinski definition) is 4. The third-order valence-corrected chi connectivity index (χ3v) is 2.45. The van der Waals surface area contributed by atoms with E-state index < -0.39 is 11.3 Å². The predicted octanol–water partition coefficient (Wildman–Crippen LogP) is 1.06. The molecule has 2 rings (SSSR count). The van der Waals surface area contributed by atoms with Gasteiger partial charge >= 0.3 is 0 Å². The Morgan fingerprint density at radius 3 is 2.82 bits per heavy atom. The van der Waals surface area contributed by atoms with Crippen molar-refractivity contribution >= 4 is 16.7 Å². The second-order valence-electron chi connectivity index (χ2n) is 3.58. The van der Waals surface area contributed by atoms with Gasteiger partial charge in [-0.1, -0.05) is 12.1 Å². The second-order valence-corrected chi connectivity index (χ2v) is 3.58. The molecule has 0 fully saturated rings. The van der Waals surface area contributed by atoms with E-state index in [2.05, 4.69) is 9.72 Å². The SMILES string of the molecule is COCC(=O)c1c(O)c2ccccc2[nH]c1=O. The molecule has 0 saturated carbocycles. The molecular formula is C12H11NO4. The van der Waals surface area contributed by atoms with Crippen LogP contribution in [-0.4, -0.2) is 29.6 Å². The quantitative estimate of drug-likeness (QED) is 0.777. The number of ketones is 1. The Morgan fingerprint density at radius 2 is 2.12 bits per heavy atom. The van der Waals surface area contributed by atoms with E-state index >= 15 is 0 Å². The first kappa shape index (κ1) is 11.3. The van der Waals surface area contributed by atoms with Crippen molar-refractivity contribution in [3.8, 4) is 5.75 Å². The molecule has 17 heavy (non-hydrogen) atoms. The summed E-state index contributed by atoms with van der Waals surface area (Å²) in [5.41, 5.74) is -0.377. The van der Waals surface area contributed by atoms with Crippen molar-refractivity contribution in [2.45, 2.75) is 0 Å². The zero-order chi connectivity index (χ0) is 12.4. The Kier molecular flexibility index (Phi) is 2.93. The number of methoxy groups -OCH3 is 1. The Morgan fingerprint density at radius 1 is 1.41 bits per heavy atom. The van der Waals surface area contributed by atoms with Crippen molar-refractivity contribution in [1.82, 2.24) is 4.98 Å². The summed E-state index contributed by atoms with van der Waals surface area (Å²) in [5.74, 6) is -0.844. The van der Waals surface area contributed by atoms with Crippen molar-refractivity contribution in [2.75, 3.05) is 13.7 Å². The number of benzene rings is 1. The largest absolute Gasteiger partial charge is 0.506 e. The molecule has 1 aromatic carbocycles. The van der Waals surface area contributed by atoms with Gasteiger partial charge in [-0.3, -0.25) is 9.59 Å². The van der Waals surface area contributed by atoms with Crippen LogP contribution in [0.2, 0.25) is 0 Å². The lowest BCUT2D eigenvalue weighted by Crippen LogP contribution is -2.21. The highest BCUT2D eigenvalue weighted by Gasteiger charge is 2.18. The van der Waals surface area contributed by atoms with Crippen LogP contribution in [0.25, 0.3) is 10.9 Å². The van der Waals surface area contributed by atoms with E-state index in [1.54, 1.807) is 24.3 Å². The predicted molar refractivity (Wildman–Crippen MR) is 62.4 cm³/mol. The van der Waals surface area contributed by atoms with E-state index in [4.69, 9.17) is 0 Å². The van der Waals surface area contributed by atoms with Crippen molar-refractivity contribution < 1.29 is 14.6 Å². The van der Waals surface area contributed by atoms with E-state index in [-0.39, 0.29) is 17.9 Å². The third kappa shape index (κ3) is 1.92. The van der Waals surface area contributed by atoms with E-state index in [1.807, 2.05) is 0 Å². The fraction of sp³-hybridized carbons (Fsp3) is 0.167. The lowest BCUT2D eigenvalue weighted by molar-refractivity contribution is 0.0844. The first-order valence-electron chi connectivity index (χ1n) is 5.01. The highest BCUT2D eigenvalue weighted by Crippen LogP contribution is 2.24. The molecular weight excluding hydrogens is 222 g/mol. The first-order chi connectivity index (χ1) is 8.15. The van der Waals surface area contributed by atoms with Crippen LogP contribution >= 0.6 is 0 Å². The number of carbonyl (C=O) groups excluding carboxylic acids is 1. The molecule has 0 spiro atoms. The third-order valence-electron chi connectivity index (χ3n) is 2.45. The van der Waals surface area contributed by atoms with Crippen LogP contribution in [-0.2, 0) is 4.74 Å². The molecule has 0 unspecified atom stereocenters. The molecule has 0 aliphatic rings. The Balaban J connectivity index is 2.72. The highest BCUT2D eigenvalue weighted by atomic mass is 16.5. The van der Waals surface area contributed by atoms with Crippen LogP contribution < -0.4 is 5.56 Å². The summed E-state index contributed by atoms with van der Waals surface area (Å²) < 4.78 is 4.67. The van der Waals surface area contributed by atoms with Crippen LogP contribution in [0.5, 0.6) is 5.75 Å². The first-order valence-corrected chi connectivity index (χ1v) is 5.01. The molecule has 2 aromatic rings. The number of H-pyrrole nitrogens is 1. The molecule has 2 N–H and O–H groups in total. The average Bonchev–Trinajstić information content (AvgIpc) is 2.29. The molecule has 0 radical (unpaired) electrons. The van der Waals surface area contributed by atoms with Gasteiger partial charge in [-0.05, 0) is 12.1 Å². The highest BCUT2D eigenvalue weighted by molar-refractivity contribution is 6.03. The van der Waals surface area contributed by atoms with E-state index in [9.17, 15) is 14.7 Å². The van der Waals surface area contributed by atoms with Gasteiger partial charge in [-0.2, -0.15) is 0 Å². The number of para-hydroxylation sites is 1. The standard InChI is InChI=1S/C12H11NO4/c1-17-6-9(14)10-11(15)7-4-2-3-5-8(7)13-12(10)16/h2-5H,6H2,1H3,(H2,13,15,16). The summed E-state index contributed by atoms with van der Waals surface area (Å²) in [6.45, 7) is -0.241. The minimum Gasteiger partial charge on any atom is -0.506 e. The van der Waals surface area contributed by atoms with Crippen molar-refractivity contribution in [3.05, 3.63) is 40.2 Å². The molecule has 0 aliphatic heterocycles. The Bertz CT molecular complexity index is 630. The average molecular weight is 233 g/mol. The van der Waals surface area contributed by atoms with E-state index in [0.29, 0.717) is 10.9 Å². The van der Waals surface area contributed by atoms with Gasteiger partial charge in [0.05, 0.1) is 5.52 Å². The van der Waals surface area contributed by atoms with Crippen LogP contribution in [0.3, 0.4) is 0 Å².